The molecule has 2 aromatic rings. The summed E-state index contributed by atoms with van der Waals surface area (Å²) in [5.41, 5.74) is 0.645. The summed E-state index contributed by atoms with van der Waals surface area (Å²) in [7, 11) is 0. The lowest BCUT2D eigenvalue weighted by Gasteiger charge is -2.01. The molecular formula is C16H17N3O4S2. The minimum atomic E-state index is -0.411. The summed E-state index contributed by atoms with van der Waals surface area (Å²) in [4.78, 5) is 35.0. The van der Waals surface area contributed by atoms with Gasteiger partial charge in [-0.3, -0.25) is 14.4 Å². The number of aromatic nitrogens is 2. The molecule has 2 rings (SSSR count). The van der Waals surface area contributed by atoms with Crippen molar-refractivity contribution < 1.29 is 19.1 Å². The first-order valence-corrected chi connectivity index (χ1v) is 9.38. The molecule has 1 heterocycles. The van der Waals surface area contributed by atoms with Gasteiger partial charge in [0.05, 0.1) is 18.8 Å². The summed E-state index contributed by atoms with van der Waals surface area (Å²) >= 11 is 2.45. The van der Waals surface area contributed by atoms with Crippen molar-refractivity contribution in [1.82, 2.24) is 10.2 Å². The SMILES string of the molecule is CCOC(=O)CCC(=O)Nc1nnc(SCC(=O)c2ccccc2)s1. The van der Waals surface area contributed by atoms with Crippen LogP contribution in [-0.2, 0) is 14.3 Å². The Labute approximate surface area is 153 Å². The predicted octanol–water partition coefficient (Wildman–Crippen LogP) is 2.79. The Bertz CT molecular complexity index is 734. The van der Waals surface area contributed by atoms with E-state index in [1.54, 1.807) is 19.1 Å². The van der Waals surface area contributed by atoms with E-state index in [9.17, 15) is 14.4 Å². The molecule has 0 radical (unpaired) electrons. The van der Waals surface area contributed by atoms with Gasteiger partial charge in [0.15, 0.2) is 10.1 Å². The van der Waals surface area contributed by atoms with Gasteiger partial charge in [-0.25, -0.2) is 0 Å². The molecule has 0 aliphatic carbocycles. The lowest BCUT2D eigenvalue weighted by Crippen LogP contribution is -2.14. The fraction of sp³-hybridized carbons (Fsp3) is 0.312. The molecule has 1 amide bonds. The number of rotatable bonds is 9. The van der Waals surface area contributed by atoms with Crippen LogP contribution in [0.25, 0.3) is 0 Å². The maximum absolute atomic E-state index is 12.0. The number of benzene rings is 1. The van der Waals surface area contributed by atoms with Gasteiger partial charge < -0.3 is 10.1 Å². The minimum absolute atomic E-state index is 0.000761. The largest absolute Gasteiger partial charge is 0.466 e. The first kappa shape index (κ1) is 19.1. The van der Waals surface area contributed by atoms with E-state index in [1.165, 1.54) is 23.1 Å². The van der Waals surface area contributed by atoms with Gasteiger partial charge in [-0.1, -0.05) is 53.4 Å². The number of nitrogens with zero attached hydrogens (tertiary/aromatic N) is 2. The van der Waals surface area contributed by atoms with Crippen molar-refractivity contribution >= 4 is 45.9 Å². The third kappa shape index (κ3) is 6.63. The molecule has 0 saturated carbocycles. The van der Waals surface area contributed by atoms with Gasteiger partial charge in [-0.15, -0.1) is 10.2 Å². The van der Waals surface area contributed by atoms with E-state index < -0.39 is 5.97 Å². The number of thioether (sulfide) groups is 1. The van der Waals surface area contributed by atoms with Crippen molar-refractivity contribution in [2.45, 2.75) is 24.1 Å². The van der Waals surface area contributed by atoms with Gasteiger partial charge in [-0.05, 0) is 6.92 Å². The molecule has 0 aliphatic heterocycles. The highest BCUT2D eigenvalue weighted by atomic mass is 32.2. The summed E-state index contributed by atoms with van der Waals surface area (Å²) in [5, 5.41) is 10.7. The molecule has 25 heavy (non-hydrogen) atoms. The number of nitrogens with one attached hydrogen (secondary N) is 1. The highest BCUT2D eigenvalue weighted by Crippen LogP contribution is 2.26. The molecule has 0 atom stereocenters. The Morgan fingerprint density at radius 1 is 1.16 bits per heavy atom. The first-order valence-electron chi connectivity index (χ1n) is 7.58. The predicted molar refractivity (Wildman–Crippen MR) is 95.9 cm³/mol. The molecule has 9 heteroatoms. The Balaban J connectivity index is 1.77. The van der Waals surface area contributed by atoms with Crippen LogP contribution >= 0.6 is 23.1 Å². The highest BCUT2D eigenvalue weighted by Gasteiger charge is 2.12. The Morgan fingerprint density at radius 2 is 1.92 bits per heavy atom. The van der Waals surface area contributed by atoms with Crippen molar-refractivity contribution in [3.8, 4) is 0 Å². The van der Waals surface area contributed by atoms with E-state index in [2.05, 4.69) is 15.5 Å². The zero-order valence-electron chi connectivity index (χ0n) is 13.6. The first-order chi connectivity index (χ1) is 12.1. The molecular weight excluding hydrogens is 362 g/mol. The fourth-order valence-electron chi connectivity index (χ4n) is 1.78. The quantitative estimate of drug-likeness (QED) is 0.309. The summed E-state index contributed by atoms with van der Waals surface area (Å²) in [5.74, 6) is -0.498. The topological polar surface area (TPSA) is 98.2 Å². The zero-order valence-corrected chi connectivity index (χ0v) is 15.2. The molecule has 0 saturated heterocycles. The molecule has 1 N–H and O–H groups in total. The number of hydrogen-bond acceptors (Lipinski definition) is 8. The van der Waals surface area contributed by atoms with Crippen LogP contribution in [0.1, 0.15) is 30.1 Å². The third-order valence-electron chi connectivity index (χ3n) is 2.94. The lowest BCUT2D eigenvalue weighted by atomic mass is 10.2. The van der Waals surface area contributed by atoms with Crippen LogP contribution in [0, 0.1) is 0 Å². The number of hydrogen-bond donors (Lipinski definition) is 1. The maximum Gasteiger partial charge on any atom is 0.306 e. The average molecular weight is 379 g/mol. The summed E-state index contributed by atoms with van der Waals surface area (Å²) in [6.45, 7) is 2.00. The van der Waals surface area contributed by atoms with Crippen molar-refractivity contribution in [1.29, 1.82) is 0 Å². The van der Waals surface area contributed by atoms with Crippen LogP contribution in [0.2, 0.25) is 0 Å². The van der Waals surface area contributed by atoms with Crippen LogP contribution < -0.4 is 5.32 Å². The molecule has 0 fully saturated rings. The van der Waals surface area contributed by atoms with Gasteiger partial charge in [0.25, 0.3) is 0 Å². The van der Waals surface area contributed by atoms with E-state index in [-0.39, 0.29) is 30.3 Å². The molecule has 0 spiro atoms. The molecule has 132 valence electrons. The highest BCUT2D eigenvalue weighted by molar-refractivity contribution is 8.01. The smallest absolute Gasteiger partial charge is 0.306 e. The normalized spacial score (nSPS) is 10.3. The van der Waals surface area contributed by atoms with Crippen molar-refractivity contribution in [2.24, 2.45) is 0 Å². The van der Waals surface area contributed by atoms with Gasteiger partial charge in [0, 0.05) is 12.0 Å². The second kappa shape index (κ2) is 9.90. The Kier molecular flexibility index (Phi) is 7.55. The molecule has 1 aromatic heterocycles. The number of esters is 1. The van der Waals surface area contributed by atoms with Gasteiger partial charge in [0.1, 0.15) is 0 Å². The van der Waals surface area contributed by atoms with Crippen molar-refractivity contribution in [2.75, 3.05) is 17.7 Å². The summed E-state index contributed by atoms with van der Waals surface area (Å²) in [6.07, 6.45) is 0.0407. The fourth-order valence-corrected chi connectivity index (χ4v) is 3.45. The molecule has 1 aromatic carbocycles. The number of Topliss-reactive ketones (excluding diaryl/α,β-unsaturated/α-hetero) is 1. The summed E-state index contributed by atoms with van der Waals surface area (Å²) in [6, 6.07) is 9.00. The molecule has 0 unspecified atom stereocenters. The monoisotopic (exact) mass is 379 g/mol. The third-order valence-corrected chi connectivity index (χ3v) is 4.91. The van der Waals surface area contributed by atoms with Crippen LogP contribution in [0.3, 0.4) is 0 Å². The van der Waals surface area contributed by atoms with Crippen LogP contribution in [0.15, 0.2) is 34.7 Å². The Hall–Kier alpha value is -2.26. The van der Waals surface area contributed by atoms with Gasteiger partial charge in [-0.2, -0.15) is 0 Å². The number of carbonyl (C=O) groups is 3. The van der Waals surface area contributed by atoms with Crippen LogP contribution in [0.5, 0.6) is 0 Å². The molecule has 0 aliphatic rings. The summed E-state index contributed by atoms with van der Waals surface area (Å²) < 4.78 is 5.35. The Morgan fingerprint density at radius 3 is 2.64 bits per heavy atom. The van der Waals surface area contributed by atoms with E-state index in [1.807, 2.05) is 18.2 Å². The average Bonchev–Trinajstić information content (AvgIpc) is 3.06. The van der Waals surface area contributed by atoms with E-state index in [0.717, 1.165) is 0 Å². The number of ketones is 1. The number of carbonyl (C=O) groups excluding carboxylic acids is 3. The van der Waals surface area contributed by atoms with Gasteiger partial charge >= 0.3 is 5.97 Å². The van der Waals surface area contributed by atoms with E-state index >= 15 is 0 Å². The second-order valence-corrected chi connectivity index (χ2v) is 7.00. The minimum Gasteiger partial charge on any atom is -0.466 e. The van der Waals surface area contributed by atoms with Crippen molar-refractivity contribution in [3.63, 3.8) is 0 Å². The second-order valence-electron chi connectivity index (χ2n) is 4.80. The van der Waals surface area contributed by atoms with E-state index in [0.29, 0.717) is 21.6 Å². The van der Waals surface area contributed by atoms with Crippen LogP contribution in [-0.4, -0.2) is 40.2 Å². The maximum atomic E-state index is 12.0. The number of amides is 1. The molecule has 7 nitrogen and oxygen atoms in total. The standard InChI is InChI=1S/C16H17N3O4S2/c1-2-23-14(22)9-8-13(21)17-15-18-19-16(25-15)24-10-12(20)11-6-4-3-5-7-11/h3-7H,2,8-10H2,1H3,(H,17,18,21). The van der Waals surface area contributed by atoms with E-state index in [4.69, 9.17) is 4.74 Å². The van der Waals surface area contributed by atoms with Crippen molar-refractivity contribution in [3.05, 3.63) is 35.9 Å². The van der Waals surface area contributed by atoms with Crippen LogP contribution in [0.4, 0.5) is 5.13 Å². The number of anilines is 1. The molecule has 0 bridgehead atoms. The lowest BCUT2D eigenvalue weighted by molar-refractivity contribution is -0.144. The number of ether oxygens (including phenoxy) is 1. The van der Waals surface area contributed by atoms with Gasteiger partial charge in [0.2, 0.25) is 11.0 Å². The zero-order chi connectivity index (χ0) is 18.1.